The van der Waals surface area contributed by atoms with E-state index in [0.717, 1.165) is 6.42 Å². The first-order valence-electron chi connectivity index (χ1n) is 7.09. The number of carbonyl (C=O) groups excluding carboxylic acids is 2. The normalized spacial score (nSPS) is 12.4. The molecule has 22 heavy (non-hydrogen) atoms. The number of ketones is 1. The Bertz CT molecular complexity index is 675. The summed E-state index contributed by atoms with van der Waals surface area (Å²) in [4.78, 5) is 28.3. The molecule has 0 saturated carbocycles. The van der Waals surface area contributed by atoms with Gasteiger partial charge in [0.15, 0.2) is 11.6 Å². The molecule has 0 aliphatic heterocycles. The van der Waals surface area contributed by atoms with Crippen LogP contribution in [0.25, 0.3) is 0 Å². The van der Waals surface area contributed by atoms with Crippen LogP contribution in [0, 0.1) is 5.92 Å². The van der Waals surface area contributed by atoms with E-state index in [4.69, 9.17) is 4.52 Å². The summed E-state index contributed by atoms with van der Waals surface area (Å²) in [5, 5.41) is 8.36. The lowest BCUT2D eigenvalue weighted by molar-refractivity contribution is 0.0933. The number of aromatic nitrogens is 2. The fourth-order valence-corrected chi connectivity index (χ4v) is 2.66. The minimum Gasteiger partial charge on any atom is -0.340 e. The van der Waals surface area contributed by atoms with Crippen molar-refractivity contribution in [3.63, 3.8) is 0 Å². The van der Waals surface area contributed by atoms with Gasteiger partial charge in [-0.2, -0.15) is 4.98 Å². The van der Waals surface area contributed by atoms with Crippen LogP contribution in [-0.4, -0.2) is 21.8 Å². The molecule has 2 aromatic rings. The SMILES string of the molecule is CC(=O)c1cc(C(=O)N[C@@H](C)c2nc(CC(C)C)no2)cs1. The minimum absolute atomic E-state index is 0.0488. The average molecular weight is 321 g/mol. The summed E-state index contributed by atoms with van der Waals surface area (Å²) >= 11 is 1.26. The Morgan fingerprint density at radius 3 is 2.68 bits per heavy atom. The molecular formula is C15H19N3O3S. The highest BCUT2D eigenvalue weighted by atomic mass is 32.1. The Labute approximate surface area is 132 Å². The van der Waals surface area contributed by atoms with Crippen molar-refractivity contribution in [2.75, 3.05) is 0 Å². The Morgan fingerprint density at radius 2 is 2.09 bits per heavy atom. The summed E-state index contributed by atoms with van der Waals surface area (Å²) in [7, 11) is 0. The summed E-state index contributed by atoms with van der Waals surface area (Å²) in [6.07, 6.45) is 0.733. The van der Waals surface area contributed by atoms with Gasteiger partial charge in [-0.3, -0.25) is 9.59 Å². The monoisotopic (exact) mass is 321 g/mol. The highest BCUT2D eigenvalue weighted by Gasteiger charge is 2.19. The highest BCUT2D eigenvalue weighted by molar-refractivity contribution is 7.12. The van der Waals surface area contributed by atoms with Crippen molar-refractivity contribution in [3.05, 3.63) is 33.6 Å². The number of hydrogen-bond acceptors (Lipinski definition) is 6. The van der Waals surface area contributed by atoms with Crippen LogP contribution in [0.3, 0.4) is 0 Å². The van der Waals surface area contributed by atoms with Gasteiger partial charge in [0.1, 0.15) is 6.04 Å². The van der Waals surface area contributed by atoms with E-state index >= 15 is 0 Å². The molecule has 1 atom stereocenters. The highest BCUT2D eigenvalue weighted by Crippen LogP contribution is 2.17. The third kappa shape index (κ3) is 4.00. The molecule has 0 radical (unpaired) electrons. The predicted octanol–water partition coefficient (Wildman–Crippen LogP) is 3.02. The quantitative estimate of drug-likeness (QED) is 0.827. The average Bonchev–Trinajstić information content (AvgIpc) is 3.06. The molecule has 0 bridgehead atoms. The second-order valence-electron chi connectivity index (χ2n) is 5.60. The molecular weight excluding hydrogens is 302 g/mol. The van der Waals surface area contributed by atoms with E-state index < -0.39 is 0 Å². The van der Waals surface area contributed by atoms with Crippen molar-refractivity contribution in [1.29, 1.82) is 0 Å². The molecule has 6 nitrogen and oxygen atoms in total. The number of nitrogens with zero attached hydrogens (tertiary/aromatic N) is 2. The predicted molar refractivity (Wildman–Crippen MR) is 83.0 cm³/mol. The second kappa shape index (κ2) is 6.83. The molecule has 2 heterocycles. The van der Waals surface area contributed by atoms with Gasteiger partial charge < -0.3 is 9.84 Å². The zero-order valence-corrected chi connectivity index (χ0v) is 13.9. The molecule has 7 heteroatoms. The van der Waals surface area contributed by atoms with Crippen molar-refractivity contribution in [1.82, 2.24) is 15.5 Å². The van der Waals surface area contributed by atoms with Crippen molar-refractivity contribution >= 4 is 23.0 Å². The first-order valence-corrected chi connectivity index (χ1v) is 7.97. The van der Waals surface area contributed by atoms with Gasteiger partial charge in [-0.1, -0.05) is 19.0 Å². The molecule has 1 N–H and O–H groups in total. The van der Waals surface area contributed by atoms with Gasteiger partial charge in [0.05, 0.1) is 10.4 Å². The first-order chi connectivity index (χ1) is 10.4. The van der Waals surface area contributed by atoms with Crippen LogP contribution in [0.2, 0.25) is 0 Å². The molecule has 118 valence electrons. The molecule has 0 aromatic carbocycles. The largest absolute Gasteiger partial charge is 0.340 e. The number of hydrogen-bond donors (Lipinski definition) is 1. The lowest BCUT2D eigenvalue weighted by atomic mass is 10.1. The number of carbonyl (C=O) groups is 2. The van der Waals surface area contributed by atoms with E-state index in [1.807, 2.05) is 0 Å². The van der Waals surface area contributed by atoms with Crippen molar-refractivity contribution in [2.45, 2.75) is 40.2 Å². The molecule has 0 fully saturated rings. The van der Waals surface area contributed by atoms with Crippen LogP contribution in [-0.2, 0) is 6.42 Å². The standard InChI is InChI=1S/C15H19N3O3S/c1-8(2)5-13-17-15(21-18-13)9(3)16-14(20)11-6-12(10(4)19)22-7-11/h6-9H,5H2,1-4H3,(H,16,20)/t9-/m0/s1. The summed E-state index contributed by atoms with van der Waals surface area (Å²) in [6, 6.07) is 1.20. The minimum atomic E-state index is -0.387. The summed E-state index contributed by atoms with van der Waals surface area (Å²) in [5.41, 5.74) is 0.462. The molecule has 0 aliphatic rings. The van der Waals surface area contributed by atoms with E-state index in [9.17, 15) is 9.59 Å². The Kier molecular flexibility index (Phi) is 5.07. The van der Waals surface area contributed by atoms with E-state index in [2.05, 4.69) is 29.3 Å². The maximum Gasteiger partial charge on any atom is 0.252 e. The van der Waals surface area contributed by atoms with Crippen LogP contribution in [0.5, 0.6) is 0 Å². The fraction of sp³-hybridized carbons (Fsp3) is 0.467. The molecule has 2 aromatic heterocycles. The first kappa shape index (κ1) is 16.4. The van der Waals surface area contributed by atoms with Gasteiger partial charge in [-0.25, -0.2) is 0 Å². The lowest BCUT2D eigenvalue weighted by Gasteiger charge is -2.08. The van der Waals surface area contributed by atoms with E-state index in [1.54, 1.807) is 18.4 Å². The van der Waals surface area contributed by atoms with Gasteiger partial charge in [0.2, 0.25) is 5.89 Å². The third-order valence-corrected chi connectivity index (χ3v) is 4.03. The van der Waals surface area contributed by atoms with E-state index in [-0.39, 0.29) is 17.7 Å². The number of rotatable bonds is 6. The van der Waals surface area contributed by atoms with Gasteiger partial charge in [0, 0.05) is 11.8 Å². The zero-order chi connectivity index (χ0) is 16.3. The van der Waals surface area contributed by atoms with Crippen molar-refractivity contribution in [2.24, 2.45) is 5.92 Å². The smallest absolute Gasteiger partial charge is 0.252 e. The maximum atomic E-state index is 12.1. The molecule has 0 aliphatic carbocycles. The van der Waals surface area contributed by atoms with Crippen molar-refractivity contribution < 1.29 is 14.1 Å². The van der Waals surface area contributed by atoms with E-state index in [1.165, 1.54) is 18.3 Å². The van der Waals surface area contributed by atoms with Crippen LogP contribution in [0.1, 0.15) is 65.5 Å². The van der Waals surface area contributed by atoms with Gasteiger partial charge in [-0.05, 0) is 25.8 Å². The Hall–Kier alpha value is -2.02. The number of thiophene rings is 1. The van der Waals surface area contributed by atoms with E-state index in [0.29, 0.717) is 28.1 Å². The fourth-order valence-electron chi connectivity index (χ4n) is 1.87. The molecule has 0 spiro atoms. The summed E-state index contributed by atoms with van der Waals surface area (Å²) in [6.45, 7) is 7.41. The topological polar surface area (TPSA) is 85.1 Å². The molecule has 2 rings (SSSR count). The number of amides is 1. The third-order valence-electron chi connectivity index (χ3n) is 3.00. The molecule has 0 saturated heterocycles. The Balaban J connectivity index is 2.01. The number of Topliss-reactive ketones (excluding diaryl/α,β-unsaturated/α-hetero) is 1. The second-order valence-corrected chi connectivity index (χ2v) is 6.51. The molecule has 1 amide bonds. The van der Waals surface area contributed by atoms with Crippen LogP contribution < -0.4 is 5.32 Å². The van der Waals surface area contributed by atoms with Crippen LogP contribution in [0.4, 0.5) is 0 Å². The lowest BCUT2D eigenvalue weighted by Crippen LogP contribution is -2.26. The van der Waals surface area contributed by atoms with Gasteiger partial charge >= 0.3 is 0 Å². The maximum absolute atomic E-state index is 12.1. The van der Waals surface area contributed by atoms with Gasteiger partial charge in [0.25, 0.3) is 5.91 Å². The van der Waals surface area contributed by atoms with Gasteiger partial charge in [-0.15, -0.1) is 11.3 Å². The number of nitrogens with one attached hydrogen (secondary N) is 1. The van der Waals surface area contributed by atoms with Crippen LogP contribution >= 0.6 is 11.3 Å². The van der Waals surface area contributed by atoms with Crippen molar-refractivity contribution in [3.8, 4) is 0 Å². The zero-order valence-electron chi connectivity index (χ0n) is 13.0. The van der Waals surface area contributed by atoms with Crippen LogP contribution in [0.15, 0.2) is 16.0 Å². The summed E-state index contributed by atoms with van der Waals surface area (Å²) < 4.78 is 5.18. The summed E-state index contributed by atoms with van der Waals surface area (Å²) in [5.74, 6) is 1.14. The molecule has 0 unspecified atom stereocenters. The Morgan fingerprint density at radius 1 is 1.36 bits per heavy atom.